The van der Waals surface area contributed by atoms with Crippen LogP contribution in [-0.4, -0.2) is 38.2 Å². The molecule has 0 unspecified atom stereocenters. The van der Waals surface area contributed by atoms with Crippen molar-refractivity contribution in [1.82, 2.24) is 24.9 Å². The molecule has 3 heterocycles. The summed E-state index contributed by atoms with van der Waals surface area (Å²) >= 11 is 0. The van der Waals surface area contributed by atoms with E-state index in [0.29, 0.717) is 12.6 Å². The predicted molar refractivity (Wildman–Crippen MR) is 94.5 cm³/mol. The first-order valence-electron chi connectivity index (χ1n) is 8.73. The summed E-state index contributed by atoms with van der Waals surface area (Å²) in [4.78, 5) is 12.4. The van der Waals surface area contributed by atoms with Crippen LogP contribution in [0.1, 0.15) is 50.6 Å². The van der Waals surface area contributed by atoms with Gasteiger partial charge in [-0.3, -0.25) is 9.36 Å². The van der Waals surface area contributed by atoms with Crippen LogP contribution in [0, 0.1) is 0 Å². The van der Waals surface area contributed by atoms with E-state index in [2.05, 4.69) is 34.7 Å². The lowest BCUT2D eigenvalue weighted by Gasteiger charge is -2.19. The molecule has 0 radical (unpaired) electrons. The van der Waals surface area contributed by atoms with Gasteiger partial charge in [0.15, 0.2) is 0 Å². The van der Waals surface area contributed by atoms with Crippen molar-refractivity contribution in [2.75, 3.05) is 11.9 Å². The SMILES string of the molecule is CCc1nn(C)cc1NC(=O)N[C@@H]1CCO[C@H]1c1cnn(C(C)C)c1. The Bertz CT molecular complexity index is 735. The number of carbonyl (C=O) groups excluding carboxylic acids is 1. The van der Waals surface area contributed by atoms with E-state index in [1.807, 2.05) is 37.2 Å². The van der Waals surface area contributed by atoms with Gasteiger partial charge in [-0.25, -0.2) is 4.79 Å². The quantitative estimate of drug-likeness (QED) is 0.870. The van der Waals surface area contributed by atoms with Crippen LogP contribution in [0.2, 0.25) is 0 Å². The number of aromatic nitrogens is 4. The average Bonchev–Trinajstić information content (AvgIpc) is 3.26. The van der Waals surface area contributed by atoms with Crippen molar-refractivity contribution in [3.63, 3.8) is 0 Å². The first-order chi connectivity index (χ1) is 12.0. The monoisotopic (exact) mass is 346 g/mol. The van der Waals surface area contributed by atoms with Crippen molar-refractivity contribution in [3.05, 3.63) is 29.8 Å². The second-order valence-corrected chi connectivity index (χ2v) is 6.65. The molecule has 0 bridgehead atoms. The number of nitrogens with one attached hydrogen (secondary N) is 2. The largest absolute Gasteiger partial charge is 0.371 e. The van der Waals surface area contributed by atoms with E-state index in [0.717, 1.165) is 29.8 Å². The van der Waals surface area contributed by atoms with E-state index in [1.165, 1.54) is 0 Å². The van der Waals surface area contributed by atoms with Crippen LogP contribution in [0.4, 0.5) is 10.5 Å². The first-order valence-corrected chi connectivity index (χ1v) is 8.73. The van der Waals surface area contributed by atoms with Crippen molar-refractivity contribution in [1.29, 1.82) is 0 Å². The minimum atomic E-state index is -0.237. The summed E-state index contributed by atoms with van der Waals surface area (Å²) in [5, 5.41) is 14.6. The molecule has 8 nitrogen and oxygen atoms in total. The highest BCUT2D eigenvalue weighted by Gasteiger charge is 2.32. The van der Waals surface area contributed by atoms with E-state index < -0.39 is 0 Å². The maximum Gasteiger partial charge on any atom is 0.319 e. The van der Waals surface area contributed by atoms with Gasteiger partial charge in [0, 0.05) is 37.7 Å². The average molecular weight is 346 g/mol. The molecular formula is C17H26N6O2. The standard InChI is InChI=1S/C17H26N6O2/c1-5-13-15(10-22(4)21-13)20-17(24)19-14-6-7-25-16(14)12-8-18-23(9-12)11(2)3/h8-11,14,16H,5-7H2,1-4H3,(H2,19,20,24)/t14-,16+/m1/s1. The lowest BCUT2D eigenvalue weighted by atomic mass is 10.1. The summed E-state index contributed by atoms with van der Waals surface area (Å²) in [5.74, 6) is 0. The van der Waals surface area contributed by atoms with Crippen LogP contribution >= 0.6 is 0 Å². The van der Waals surface area contributed by atoms with Crippen molar-refractivity contribution in [2.24, 2.45) is 7.05 Å². The number of amides is 2. The Morgan fingerprint density at radius 1 is 1.44 bits per heavy atom. The molecule has 3 rings (SSSR count). The van der Waals surface area contributed by atoms with Crippen molar-refractivity contribution in [3.8, 4) is 0 Å². The summed E-state index contributed by atoms with van der Waals surface area (Å²) in [6, 6.07) is -0.0195. The maximum absolute atomic E-state index is 12.4. The number of ether oxygens (including phenoxy) is 1. The minimum absolute atomic E-state index is 0.0773. The highest BCUT2D eigenvalue weighted by Crippen LogP contribution is 2.29. The molecule has 1 saturated heterocycles. The van der Waals surface area contributed by atoms with Crippen LogP contribution in [0.3, 0.4) is 0 Å². The number of anilines is 1. The van der Waals surface area contributed by atoms with E-state index in [4.69, 9.17) is 4.74 Å². The fourth-order valence-electron chi connectivity index (χ4n) is 3.07. The molecule has 1 aliphatic rings. The third-order valence-electron chi connectivity index (χ3n) is 4.38. The molecule has 0 saturated carbocycles. The topological polar surface area (TPSA) is 86.0 Å². The van der Waals surface area contributed by atoms with Gasteiger partial charge < -0.3 is 15.4 Å². The van der Waals surface area contributed by atoms with Gasteiger partial charge in [0.1, 0.15) is 6.10 Å². The highest BCUT2D eigenvalue weighted by molar-refractivity contribution is 5.90. The summed E-state index contributed by atoms with van der Waals surface area (Å²) < 4.78 is 9.44. The van der Waals surface area contributed by atoms with E-state index in [9.17, 15) is 4.79 Å². The summed E-state index contributed by atoms with van der Waals surface area (Å²) in [5.41, 5.74) is 2.60. The molecule has 2 amide bonds. The van der Waals surface area contributed by atoms with Crippen molar-refractivity contribution < 1.29 is 9.53 Å². The summed E-state index contributed by atoms with van der Waals surface area (Å²) in [7, 11) is 1.84. The van der Waals surface area contributed by atoms with Gasteiger partial charge in [-0.2, -0.15) is 10.2 Å². The van der Waals surface area contributed by atoms with Gasteiger partial charge >= 0.3 is 6.03 Å². The van der Waals surface area contributed by atoms with E-state index >= 15 is 0 Å². The Kier molecular flexibility index (Phi) is 5.08. The number of rotatable bonds is 5. The van der Waals surface area contributed by atoms with Crippen molar-refractivity contribution >= 4 is 11.7 Å². The van der Waals surface area contributed by atoms with Crippen LogP contribution < -0.4 is 10.6 Å². The zero-order chi connectivity index (χ0) is 18.0. The fraction of sp³-hybridized carbons (Fsp3) is 0.588. The molecule has 0 spiro atoms. The number of carbonyl (C=O) groups is 1. The lowest BCUT2D eigenvalue weighted by molar-refractivity contribution is 0.100. The van der Waals surface area contributed by atoms with E-state index in [1.54, 1.807) is 4.68 Å². The Labute approximate surface area is 147 Å². The zero-order valence-corrected chi connectivity index (χ0v) is 15.2. The molecule has 2 aromatic rings. The third-order valence-corrected chi connectivity index (χ3v) is 4.38. The molecule has 0 aliphatic carbocycles. The third kappa shape index (κ3) is 3.84. The van der Waals surface area contributed by atoms with Gasteiger partial charge in [0.25, 0.3) is 0 Å². The molecule has 136 valence electrons. The maximum atomic E-state index is 12.4. The fourth-order valence-corrected chi connectivity index (χ4v) is 3.07. The Morgan fingerprint density at radius 3 is 2.92 bits per heavy atom. The number of aryl methyl sites for hydroxylation is 2. The van der Waals surface area contributed by atoms with Crippen LogP contribution in [0.5, 0.6) is 0 Å². The number of hydrogen-bond donors (Lipinski definition) is 2. The summed E-state index contributed by atoms with van der Waals surface area (Å²) in [6.07, 6.45) is 6.99. The van der Waals surface area contributed by atoms with E-state index in [-0.39, 0.29) is 18.2 Å². The van der Waals surface area contributed by atoms with Gasteiger partial charge in [-0.1, -0.05) is 6.92 Å². The Morgan fingerprint density at radius 2 is 2.24 bits per heavy atom. The second-order valence-electron chi connectivity index (χ2n) is 6.65. The Hall–Kier alpha value is -2.35. The van der Waals surface area contributed by atoms with Crippen LogP contribution in [0.15, 0.2) is 18.6 Å². The molecule has 1 fully saturated rings. The molecule has 2 N–H and O–H groups in total. The molecule has 25 heavy (non-hydrogen) atoms. The molecular weight excluding hydrogens is 320 g/mol. The van der Waals surface area contributed by atoms with Crippen molar-refractivity contribution in [2.45, 2.75) is 51.8 Å². The normalized spacial score (nSPS) is 20.2. The van der Waals surface area contributed by atoms with Gasteiger partial charge in [0.05, 0.1) is 23.6 Å². The Balaban J connectivity index is 1.65. The molecule has 2 aromatic heterocycles. The van der Waals surface area contributed by atoms with Gasteiger partial charge in [-0.15, -0.1) is 0 Å². The lowest BCUT2D eigenvalue weighted by Crippen LogP contribution is -2.39. The number of hydrogen-bond acceptors (Lipinski definition) is 4. The molecule has 1 aliphatic heterocycles. The minimum Gasteiger partial charge on any atom is -0.371 e. The van der Waals surface area contributed by atoms with Crippen LogP contribution in [-0.2, 0) is 18.2 Å². The second kappa shape index (κ2) is 7.26. The predicted octanol–water partition coefficient (Wildman–Crippen LogP) is 2.41. The van der Waals surface area contributed by atoms with Crippen LogP contribution in [0.25, 0.3) is 0 Å². The number of urea groups is 1. The highest BCUT2D eigenvalue weighted by atomic mass is 16.5. The molecule has 0 aromatic carbocycles. The summed E-state index contributed by atoms with van der Waals surface area (Å²) in [6.45, 7) is 6.79. The zero-order valence-electron chi connectivity index (χ0n) is 15.2. The van der Waals surface area contributed by atoms with Gasteiger partial charge in [-0.05, 0) is 26.7 Å². The smallest absolute Gasteiger partial charge is 0.319 e. The first kappa shape index (κ1) is 17.5. The molecule has 8 heteroatoms. The number of nitrogens with zero attached hydrogens (tertiary/aromatic N) is 4. The van der Waals surface area contributed by atoms with Gasteiger partial charge in [0.2, 0.25) is 0 Å². The molecule has 2 atom stereocenters.